The summed E-state index contributed by atoms with van der Waals surface area (Å²) in [4.78, 5) is 0. The van der Waals surface area contributed by atoms with Crippen molar-refractivity contribution < 1.29 is 16.8 Å². The Bertz CT molecular complexity index is 642. The summed E-state index contributed by atoms with van der Waals surface area (Å²) in [5, 5.41) is 0. The number of benzene rings is 1. The van der Waals surface area contributed by atoms with Gasteiger partial charge in [-0.05, 0) is 5.56 Å². The smallest absolute Gasteiger partial charge is 0.229 e. The highest BCUT2D eigenvalue weighted by Gasteiger charge is 2.32. The average Bonchev–Trinajstić information content (AvgIpc) is 2.39. The van der Waals surface area contributed by atoms with Crippen LogP contribution in [0.4, 0.5) is 0 Å². The van der Waals surface area contributed by atoms with Gasteiger partial charge in [0.15, 0.2) is 9.84 Å². The van der Waals surface area contributed by atoms with Gasteiger partial charge >= 0.3 is 0 Å². The summed E-state index contributed by atoms with van der Waals surface area (Å²) in [6, 6.07) is 9.28. The monoisotopic (exact) mass is 318 g/mol. The maximum Gasteiger partial charge on any atom is 0.282 e. The predicted octanol–water partition coefficient (Wildman–Crippen LogP) is 0.0936. The SMILES string of the molecule is CN(Cc1ccccc1)S(=O)(=O)N1CCS(=O)(=O)CC1. The minimum absolute atomic E-state index is 0.0315. The molecule has 0 spiro atoms. The molecule has 1 aromatic rings. The molecule has 112 valence electrons. The highest BCUT2D eigenvalue weighted by atomic mass is 32.2. The second-order valence-electron chi connectivity index (χ2n) is 4.80. The van der Waals surface area contributed by atoms with E-state index in [1.54, 1.807) is 0 Å². The second-order valence-corrected chi connectivity index (χ2v) is 9.14. The molecule has 0 amide bonds. The van der Waals surface area contributed by atoms with Crippen molar-refractivity contribution in [1.29, 1.82) is 0 Å². The summed E-state index contributed by atoms with van der Waals surface area (Å²) in [7, 11) is -5.19. The molecule has 6 nitrogen and oxygen atoms in total. The fraction of sp³-hybridized carbons (Fsp3) is 0.500. The Balaban J connectivity index is 2.07. The first-order valence-corrected chi connectivity index (χ1v) is 9.49. The molecule has 1 aliphatic heterocycles. The molecule has 0 atom stereocenters. The van der Waals surface area contributed by atoms with Gasteiger partial charge in [-0.2, -0.15) is 17.0 Å². The summed E-state index contributed by atoms with van der Waals surface area (Å²) < 4.78 is 49.9. The summed E-state index contributed by atoms with van der Waals surface area (Å²) in [5.41, 5.74) is 0.892. The third-order valence-corrected chi connectivity index (χ3v) is 6.82. The van der Waals surface area contributed by atoms with Crippen molar-refractivity contribution in [3.05, 3.63) is 35.9 Å². The first-order chi connectivity index (χ1) is 9.31. The van der Waals surface area contributed by atoms with Gasteiger partial charge in [0.05, 0.1) is 11.5 Å². The van der Waals surface area contributed by atoms with Crippen molar-refractivity contribution in [3.8, 4) is 0 Å². The molecule has 0 radical (unpaired) electrons. The summed E-state index contributed by atoms with van der Waals surface area (Å²) in [6.45, 7) is 0.333. The first kappa shape index (κ1) is 15.4. The van der Waals surface area contributed by atoms with Crippen molar-refractivity contribution in [2.45, 2.75) is 6.54 Å². The van der Waals surface area contributed by atoms with E-state index in [4.69, 9.17) is 0 Å². The minimum Gasteiger partial charge on any atom is -0.229 e. The van der Waals surface area contributed by atoms with Crippen LogP contribution in [0.1, 0.15) is 5.56 Å². The fourth-order valence-corrected chi connectivity index (χ4v) is 4.83. The highest BCUT2D eigenvalue weighted by Crippen LogP contribution is 2.14. The van der Waals surface area contributed by atoms with Crippen molar-refractivity contribution in [1.82, 2.24) is 8.61 Å². The maximum absolute atomic E-state index is 12.4. The molecule has 0 aliphatic carbocycles. The number of hydrogen-bond acceptors (Lipinski definition) is 4. The molecule has 1 heterocycles. The van der Waals surface area contributed by atoms with E-state index >= 15 is 0 Å². The van der Waals surface area contributed by atoms with Crippen LogP contribution in [0.25, 0.3) is 0 Å². The lowest BCUT2D eigenvalue weighted by Gasteiger charge is -2.30. The topological polar surface area (TPSA) is 74.8 Å². The van der Waals surface area contributed by atoms with E-state index in [1.165, 1.54) is 15.7 Å². The predicted molar refractivity (Wildman–Crippen MR) is 77.1 cm³/mol. The van der Waals surface area contributed by atoms with Gasteiger partial charge in [-0.15, -0.1) is 0 Å². The molecule has 0 bridgehead atoms. The Labute approximate surface area is 120 Å². The van der Waals surface area contributed by atoms with Crippen LogP contribution in [0.5, 0.6) is 0 Å². The van der Waals surface area contributed by atoms with Gasteiger partial charge in [-0.3, -0.25) is 0 Å². The zero-order chi connectivity index (χ0) is 14.8. The molecule has 2 rings (SSSR count). The molecule has 1 saturated heterocycles. The van der Waals surface area contributed by atoms with Gasteiger partial charge in [-0.1, -0.05) is 30.3 Å². The fourth-order valence-electron chi connectivity index (χ4n) is 2.05. The summed E-state index contributed by atoms with van der Waals surface area (Å²) in [6.07, 6.45) is 0. The van der Waals surface area contributed by atoms with Crippen LogP contribution in [0.2, 0.25) is 0 Å². The van der Waals surface area contributed by atoms with Gasteiger partial charge in [0, 0.05) is 26.7 Å². The lowest BCUT2D eigenvalue weighted by Crippen LogP contribution is -2.48. The molecule has 0 aromatic heterocycles. The second kappa shape index (κ2) is 5.80. The van der Waals surface area contributed by atoms with Crippen LogP contribution in [-0.2, 0) is 26.6 Å². The van der Waals surface area contributed by atoms with E-state index in [1.807, 2.05) is 30.3 Å². The molecule has 1 fully saturated rings. The summed E-state index contributed by atoms with van der Waals surface area (Å²) >= 11 is 0. The van der Waals surface area contributed by atoms with E-state index in [0.717, 1.165) is 5.56 Å². The largest absolute Gasteiger partial charge is 0.282 e. The van der Waals surface area contributed by atoms with Crippen molar-refractivity contribution in [2.75, 3.05) is 31.6 Å². The number of hydrogen-bond donors (Lipinski definition) is 0. The standard InChI is InChI=1S/C12H18N2O4S2/c1-13(11-12-5-3-2-4-6-12)20(17,18)14-7-9-19(15,16)10-8-14/h2-6H,7-11H2,1H3. The van der Waals surface area contributed by atoms with E-state index in [-0.39, 0.29) is 31.1 Å². The van der Waals surface area contributed by atoms with Crippen LogP contribution in [0.3, 0.4) is 0 Å². The Hall–Kier alpha value is -0.960. The highest BCUT2D eigenvalue weighted by molar-refractivity contribution is 7.91. The van der Waals surface area contributed by atoms with Crippen molar-refractivity contribution in [3.63, 3.8) is 0 Å². The number of sulfone groups is 1. The third-order valence-electron chi connectivity index (χ3n) is 3.27. The van der Waals surface area contributed by atoms with E-state index in [2.05, 4.69) is 0 Å². The van der Waals surface area contributed by atoms with Gasteiger partial charge in [0.1, 0.15) is 0 Å². The molecule has 0 saturated carbocycles. The van der Waals surface area contributed by atoms with Crippen LogP contribution in [-0.4, -0.2) is 57.1 Å². The van der Waals surface area contributed by atoms with Gasteiger partial charge < -0.3 is 0 Å². The minimum atomic E-state index is -3.61. The van der Waals surface area contributed by atoms with Crippen LogP contribution < -0.4 is 0 Å². The molecule has 20 heavy (non-hydrogen) atoms. The number of rotatable bonds is 4. The molecule has 1 aromatic carbocycles. The van der Waals surface area contributed by atoms with Crippen LogP contribution in [0, 0.1) is 0 Å². The maximum atomic E-state index is 12.4. The van der Waals surface area contributed by atoms with Crippen molar-refractivity contribution in [2.24, 2.45) is 0 Å². The zero-order valence-electron chi connectivity index (χ0n) is 11.3. The molecule has 1 aliphatic rings. The molecular formula is C12H18N2O4S2. The van der Waals surface area contributed by atoms with Gasteiger partial charge in [0.2, 0.25) is 0 Å². The Kier molecular flexibility index (Phi) is 4.48. The normalized spacial score (nSPS) is 20.1. The van der Waals surface area contributed by atoms with E-state index in [9.17, 15) is 16.8 Å². The van der Waals surface area contributed by atoms with E-state index in [0.29, 0.717) is 0 Å². The first-order valence-electron chi connectivity index (χ1n) is 6.27. The van der Waals surface area contributed by atoms with Crippen LogP contribution in [0.15, 0.2) is 30.3 Å². The number of nitrogens with zero attached hydrogens (tertiary/aromatic N) is 2. The third kappa shape index (κ3) is 3.57. The summed E-state index contributed by atoms with van der Waals surface area (Å²) in [5.74, 6) is -0.211. The van der Waals surface area contributed by atoms with Crippen LogP contribution >= 0.6 is 0 Å². The molecule has 0 N–H and O–H groups in total. The molecule has 8 heteroatoms. The van der Waals surface area contributed by atoms with Gasteiger partial charge in [0.25, 0.3) is 10.2 Å². The van der Waals surface area contributed by atoms with E-state index < -0.39 is 20.0 Å². The lowest BCUT2D eigenvalue weighted by atomic mass is 10.2. The van der Waals surface area contributed by atoms with Crippen molar-refractivity contribution >= 4 is 20.0 Å². The lowest BCUT2D eigenvalue weighted by molar-refractivity contribution is 0.369. The van der Waals surface area contributed by atoms with Gasteiger partial charge in [-0.25, -0.2) is 8.42 Å². The Morgan fingerprint density at radius 1 is 1.15 bits per heavy atom. The zero-order valence-corrected chi connectivity index (χ0v) is 12.9. The Morgan fingerprint density at radius 3 is 2.25 bits per heavy atom. The average molecular weight is 318 g/mol. The quantitative estimate of drug-likeness (QED) is 0.789. The Morgan fingerprint density at radius 2 is 1.70 bits per heavy atom. The molecular weight excluding hydrogens is 300 g/mol. The molecule has 0 unspecified atom stereocenters.